The summed E-state index contributed by atoms with van der Waals surface area (Å²) < 4.78 is 5.03. The molecule has 1 aliphatic rings. The first kappa shape index (κ1) is 16.6. The molecule has 0 aliphatic heterocycles. The van der Waals surface area contributed by atoms with Crippen molar-refractivity contribution in [3.05, 3.63) is 18.3 Å². The molecule has 1 saturated carbocycles. The van der Waals surface area contributed by atoms with Crippen LogP contribution >= 0.6 is 0 Å². The predicted octanol–water partition coefficient (Wildman–Crippen LogP) is 2.83. The Morgan fingerprint density at radius 2 is 2.14 bits per heavy atom. The van der Waals surface area contributed by atoms with Gasteiger partial charge in [-0.1, -0.05) is 26.7 Å². The van der Waals surface area contributed by atoms with Crippen LogP contribution in [-0.2, 0) is 4.79 Å². The van der Waals surface area contributed by atoms with Crippen LogP contribution in [0, 0.1) is 11.8 Å². The Labute approximate surface area is 132 Å². The molecule has 1 heterocycles. The average molecular weight is 305 g/mol. The van der Waals surface area contributed by atoms with Crippen molar-refractivity contribution in [2.24, 2.45) is 11.8 Å². The van der Waals surface area contributed by atoms with Crippen LogP contribution in [0.25, 0.3) is 0 Å². The van der Waals surface area contributed by atoms with Crippen LogP contribution in [0.2, 0.25) is 0 Å². The quantitative estimate of drug-likeness (QED) is 0.878. The zero-order valence-electron chi connectivity index (χ0n) is 13.9. The summed E-state index contributed by atoms with van der Waals surface area (Å²) >= 11 is 0. The number of hydrogen-bond donors (Lipinski definition) is 2. The number of anilines is 1. The summed E-state index contributed by atoms with van der Waals surface area (Å²) in [4.78, 5) is 16.5. The molecule has 4 atom stereocenters. The molecule has 1 aromatic heterocycles. The Bertz CT molecular complexity index is 489. The predicted molar refractivity (Wildman–Crippen MR) is 88.0 cm³/mol. The van der Waals surface area contributed by atoms with Crippen molar-refractivity contribution in [3.8, 4) is 5.88 Å². The molecule has 5 nitrogen and oxygen atoms in total. The molecule has 122 valence electrons. The van der Waals surface area contributed by atoms with Gasteiger partial charge in [0.2, 0.25) is 11.8 Å². The number of carbonyl (C=O) groups is 1. The molecule has 22 heavy (non-hydrogen) atoms. The highest BCUT2D eigenvalue weighted by Gasteiger charge is 2.29. The van der Waals surface area contributed by atoms with Gasteiger partial charge in [0, 0.05) is 12.1 Å². The molecule has 0 spiro atoms. The van der Waals surface area contributed by atoms with Crippen LogP contribution in [0.1, 0.15) is 40.0 Å². The maximum atomic E-state index is 12.4. The van der Waals surface area contributed by atoms with Crippen molar-refractivity contribution in [1.82, 2.24) is 10.3 Å². The van der Waals surface area contributed by atoms with Crippen molar-refractivity contribution in [1.29, 1.82) is 0 Å². The summed E-state index contributed by atoms with van der Waals surface area (Å²) in [6, 6.07) is 3.63. The standard InChI is InChI=1S/C17H27N3O2/c1-11-6-5-7-15(12(11)2)20-17(21)13(3)19-14-8-9-16(22-4)18-10-14/h8-13,15,19H,5-7H2,1-4H3,(H,20,21)/t11-,12+,13-,15-/m1/s1. The maximum absolute atomic E-state index is 12.4. The maximum Gasteiger partial charge on any atom is 0.242 e. The summed E-state index contributed by atoms with van der Waals surface area (Å²) in [6.45, 7) is 6.38. The lowest BCUT2D eigenvalue weighted by Gasteiger charge is -2.35. The minimum atomic E-state index is -0.292. The van der Waals surface area contributed by atoms with Gasteiger partial charge in [-0.25, -0.2) is 4.98 Å². The number of amides is 1. The fourth-order valence-electron chi connectivity index (χ4n) is 3.00. The van der Waals surface area contributed by atoms with E-state index in [4.69, 9.17) is 4.74 Å². The van der Waals surface area contributed by atoms with E-state index >= 15 is 0 Å². The molecular formula is C17H27N3O2. The molecule has 0 bridgehead atoms. The number of ether oxygens (including phenoxy) is 1. The molecule has 0 saturated heterocycles. The van der Waals surface area contributed by atoms with Gasteiger partial charge in [-0.15, -0.1) is 0 Å². The number of carbonyl (C=O) groups excluding carboxylic acids is 1. The summed E-state index contributed by atoms with van der Waals surface area (Å²) in [7, 11) is 1.58. The molecular weight excluding hydrogens is 278 g/mol. The Hall–Kier alpha value is -1.78. The van der Waals surface area contributed by atoms with Crippen LogP contribution in [0.4, 0.5) is 5.69 Å². The summed E-state index contributed by atoms with van der Waals surface area (Å²) in [5, 5.41) is 6.37. The minimum absolute atomic E-state index is 0.0433. The molecule has 1 fully saturated rings. The number of hydrogen-bond acceptors (Lipinski definition) is 4. The van der Waals surface area contributed by atoms with E-state index in [0.717, 1.165) is 12.1 Å². The van der Waals surface area contributed by atoms with Crippen molar-refractivity contribution >= 4 is 11.6 Å². The van der Waals surface area contributed by atoms with E-state index in [9.17, 15) is 4.79 Å². The van der Waals surface area contributed by atoms with Crippen molar-refractivity contribution in [2.75, 3.05) is 12.4 Å². The number of aromatic nitrogens is 1. The van der Waals surface area contributed by atoms with Gasteiger partial charge >= 0.3 is 0 Å². The van der Waals surface area contributed by atoms with Crippen LogP contribution in [-0.4, -0.2) is 30.1 Å². The highest BCUT2D eigenvalue weighted by molar-refractivity contribution is 5.84. The SMILES string of the molecule is COc1ccc(N[C@H](C)C(=O)N[C@@H]2CCC[C@@H](C)[C@@H]2C)cn1. The van der Waals surface area contributed by atoms with E-state index in [1.807, 2.05) is 13.0 Å². The molecule has 1 aromatic rings. The molecule has 5 heteroatoms. The number of nitrogens with zero attached hydrogens (tertiary/aromatic N) is 1. The van der Waals surface area contributed by atoms with E-state index < -0.39 is 0 Å². The van der Waals surface area contributed by atoms with Crippen LogP contribution in [0.15, 0.2) is 18.3 Å². The Morgan fingerprint density at radius 1 is 1.36 bits per heavy atom. The third kappa shape index (κ3) is 4.12. The van der Waals surface area contributed by atoms with Gasteiger partial charge in [0.25, 0.3) is 0 Å². The first-order valence-corrected chi connectivity index (χ1v) is 8.08. The van der Waals surface area contributed by atoms with Gasteiger partial charge in [-0.2, -0.15) is 0 Å². The van der Waals surface area contributed by atoms with Gasteiger partial charge in [0.15, 0.2) is 0 Å². The summed E-state index contributed by atoms with van der Waals surface area (Å²) in [5.74, 6) is 1.81. The van der Waals surface area contributed by atoms with E-state index in [-0.39, 0.29) is 18.0 Å². The molecule has 0 unspecified atom stereocenters. The fourth-order valence-corrected chi connectivity index (χ4v) is 3.00. The van der Waals surface area contributed by atoms with E-state index in [1.54, 1.807) is 19.4 Å². The van der Waals surface area contributed by atoms with Gasteiger partial charge in [-0.3, -0.25) is 4.79 Å². The highest BCUT2D eigenvalue weighted by atomic mass is 16.5. The van der Waals surface area contributed by atoms with E-state index in [1.165, 1.54) is 12.8 Å². The van der Waals surface area contributed by atoms with Gasteiger partial charge in [0.1, 0.15) is 6.04 Å². The van der Waals surface area contributed by atoms with E-state index in [0.29, 0.717) is 17.7 Å². The van der Waals surface area contributed by atoms with Gasteiger partial charge in [-0.05, 0) is 31.2 Å². The topological polar surface area (TPSA) is 63.2 Å². The molecule has 0 aromatic carbocycles. The second-order valence-electron chi connectivity index (χ2n) is 6.34. The van der Waals surface area contributed by atoms with Gasteiger partial charge in [0.05, 0.1) is 19.0 Å². The van der Waals surface area contributed by atoms with Crippen LogP contribution < -0.4 is 15.4 Å². The second kappa shape index (κ2) is 7.47. The number of nitrogens with one attached hydrogen (secondary N) is 2. The lowest BCUT2D eigenvalue weighted by atomic mass is 9.78. The molecule has 2 rings (SSSR count). The zero-order valence-corrected chi connectivity index (χ0v) is 13.9. The summed E-state index contributed by atoms with van der Waals surface area (Å²) in [6.07, 6.45) is 5.21. The average Bonchev–Trinajstić information content (AvgIpc) is 2.52. The van der Waals surface area contributed by atoms with Crippen LogP contribution in [0.3, 0.4) is 0 Å². The fraction of sp³-hybridized carbons (Fsp3) is 0.647. The monoisotopic (exact) mass is 305 g/mol. The largest absolute Gasteiger partial charge is 0.481 e. The smallest absolute Gasteiger partial charge is 0.242 e. The third-order valence-corrected chi connectivity index (χ3v) is 4.76. The normalized spacial score (nSPS) is 26.1. The summed E-state index contributed by atoms with van der Waals surface area (Å²) in [5.41, 5.74) is 0.813. The van der Waals surface area contributed by atoms with Crippen molar-refractivity contribution in [2.45, 2.75) is 52.1 Å². The van der Waals surface area contributed by atoms with Crippen molar-refractivity contribution in [3.63, 3.8) is 0 Å². The third-order valence-electron chi connectivity index (χ3n) is 4.76. The van der Waals surface area contributed by atoms with Gasteiger partial charge < -0.3 is 15.4 Å². The highest BCUT2D eigenvalue weighted by Crippen LogP contribution is 2.29. The Morgan fingerprint density at radius 3 is 2.77 bits per heavy atom. The molecule has 1 aliphatic carbocycles. The Kier molecular flexibility index (Phi) is 5.63. The lowest BCUT2D eigenvalue weighted by molar-refractivity contribution is -0.122. The lowest BCUT2D eigenvalue weighted by Crippen LogP contribution is -2.48. The molecule has 1 amide bonds. The van der Waals surface area contributed by atoms with Crippen molar-refractivity contribution < 1.29 is 9.53 Å². The number of rotatable bonds is 5. The van der Waals surface area contributed by atoms with E-state index in [2.05, 4.69) is 29.5 Å². The minimum Gasteiger partial charge on any atom is -0.481 e. The molecule has 0 radical (unpaired) electrons. The van der Waals surface area contributed by atoms with Crippen LogP contribution in [0.5, 0.6) is 5.88 Å². The second-order valence-corrected chi connectivity index (χ2v) is 6.34. The zero-order chi connectivity index (χ0) is 16.1. The molecule has 2 N–H and O–H groups in total. The first-order valence-electron chi connectivity index (χ1n) is 8.08. The number of methoxy groups -OCH3 is 1. The Balaban J connectivity index is 1.88. The first-order chi connectivity index (χ1) is 10.5. The number of pyridine rings is 1.